The highest BCUT2D eigenvalue weighted by atomic mass is 32.1. The highest BCUT2D eigenvalue weighted by Gasteiger charge is 2.20. The van der Waals surface area contributed by atoms with Crippen molar-refractivity contribution in [3.8, 4) is 11.5 Å². The lowest BCUT2D eigenvalue weighted by molar-refractivity contribution is -0.116. The summed E-state index contributed by atoms with van der Waals surface area (Å²) in [5.41, 5.74) is 2.70. The van der Waals surface area contributed by atoms with E-state index in [2.05, 4.69) is 15.3 Å². The molecule has 3 aromatic heterocycles. The third-order valence-electron chi connectivity index (χ3n) is 5.84. The Hall–Kier alpha value is -3.52. The molecule has 0 bridgehead atoms. The van der Waals surface area contributed by atoms with Crippen molar-refractivity contribution in [3.63, 3.8) is 0 Å². The first kappa shape index (κ1) is 21.3. The Morgan fingerprint density at radius 3 is 2.94 bits per heavy atom. The van der Waals surface area contributed by atoms with E-state index in [1.807, 2.05) is 31.2 Å². The number of fused-ring (bicyclic) bond motifs is 3. The average molecular weight is 461 g/mol. The summed E-state index contributed by atoms with van der Waals surface area (Å²) in [4.78, 5) is 36.2. The van der Waals surface area contributed by atoms with Gasteiger partial charge in [0.05, 0.1) is 17.9 Å². The lowest BCUT2D eigenvalue weighted by Crippen LogP contribution is -2.24. The van der Waals surface area contributed by atoms with Crippen LogP contribution in [-0.2, 0) is 24.2 Å². The first-order valence-corrected chi connectivity index (χ1v) is 11.9. The molecule has 8 heteroatoms. The van der Waals surface area contributed by atoms with Crippen molar-refractivity contribution in [3.05, 3.63) is 75.4 Å². The van der Waals surface area contributed by atoms with Gasteiger partial charge in [-0.25, -0.2) is 4.98 Å². The zero-order valence-corrected chi connectivity index (χ0v) is 19.2. The summed E-state index contributed by atoms with van der Waals surface area (Å²) in [5.74, 6) is 1.20. The van der Waals surface area contributed by atoms with Crippen molar-refractivity contribution in [2.45, 2.75) is 45.6 Å². The van der Waals surface area contributed by atoms with Gasteiger partial charge in [0, 0.05) is 29.7 Å². The summed E-state index contributed by atoms with van der Waals surface area (Å²) in [6.45, 7) is 2.21. The molecular formula is C25H24N4O3S. The second-order valence-electron chi connectivity index (χ2n) is 8.20. The molecule has 168 valence electrons. The van der Waals surface area contributed by atoms with Crippen LogP contribution in [0.25, 0.3) is 10.2 Å². The predicted octanol–water partition coefficient (Wildman–Crippen LogP) is 4.86. The highest BCUT2D eigenvalue weighted by molar-refractivity contribution is 7.18. The fourth-order valence-corrected chi connectivity index (χ4v) is 5.38. The maximum Gasteiger partial charge on any atom is 0.262 e. The molecule has 0 unspecified atom stereocenters. The average Bonchev–Trinajstić information content (AvgIpc) is 3.20. The molecule has 0 fully saturated rings. The molecule has 4 aromatic rings. The van der Waals surface area contributed by atoms with Crippen molar-refractivity contribution < 1.29 is 9.53 Å². The maximum atomic E-state index is 13.0. The van der Waals surface area contributed by atoms with E-state index >= 15 is 0 Å². The molecule has 1 aromatic carbocycles. The van der Waals surface area contributed by atoms with Crippen LogP contribution in [0.5, 0.6) is 11.5 Å². The number of ether oxygens (including phenoxy) is 1. The van der Waals surface area contributed by atoms with Crippen LogP contribution in [-0.4, -0.2) is 20.4 Å². The van der Waals surface area contributed by atoms with Crippen LogP contribution in [0.4, 0.5) is 5.69 Å². The van der Waals surface area contributed by atoms with Gasteiger partial charge in [-0.05, 0) is 74.1 Å². The number of hydrogen-bond acceptors (Lipinski definition) is 6. The number of carbonyl (C=O) groups is 1. The zero-order chi connectivity index (χ0) is 22.8. The largest absolute Gasteiger partial charge is 0.455 e. The normalized spacial score (nSPS) is 13.0. The van der Waals surface area contributed by atoms with Gasteiger partial charge in [0.25, 0.3) is 5.56 Å². The number of benzene rings is 1. The van der Waals surface area contributed by atoms with E-state index in [1.54, 1.807) is 40.7 Å². The quantitative estimate of drug-likeness (QED) is 0.444. The number of nitrogens with zero attached hydrogens (tertiary/aromatic N) is 3. The number of amides is 1. The van der Waals surface area contributed by atoms with Crippen LogP contribution in [0.15, 0.2) is 53.8 Å². The monoisotopic (exact) mass is 460 g/mol. The van der Waals surface area contributed by atoms with Gasteiger partial charge in [-0.2, -0.15) is 0 Å². The lowest BCUT2D eigenvalue weighted by atomic mass is 9.97. The van der Waals surface area contributed by atoms with Gasteiger partial charge in [-0.1, -0.05) is 0 Å². The Labute approximate surface area is 195 Å². The van der Waals surface area contributed by atoms with Gasteiger partial charge >= 0.3 is 0 Å². The minimum Gasteiger partial charge on any atom is -0.455 e. The first-order chi connectivity index (χ1) is 16.1. The molecule has 0 saturated heterocycles. The van der Waals surface area contributed by atoms with Crippen molar-refractivity contribution in [1.29, 1.82) is 0 Å². The van der Waals surface area contributed by atoms with Gasteiger partial charge < -0.3 is 10.1 Å². The van der Waals surface area contributed by atoms with E-state index < -0.39 is 0 Å². The minimum atomic E-state index is -0.158. The number of rotatable bonds is 6. The number of anilines is 1. The van der Waals surface area contributed by atoms with E-state index in [-0.39, 0.29) is 17.9 Å². The summed E-state index contributed by atoms with van der Waals surface area (Å²) in [6.07, 6.45) is 9.34. The first-order valence-electron chi connectivity index (χ1n) is 11.1. The van der Waals surface area contributed by atoms with Gasteiger partial charge in [-0.3, -0.25) is 19.1 Å². The number of pyridine rings is 1. The van der Waals surface area contributed by atoms with Crippen molar-refractivity contribution in [2.24, 2.45) is 0 Å². The standard InChI is InChI=1S/C25H24N4O3S/c1-16-13-17(8-9-20(16)32-18-5-4-11-26-14-18)28-22(30)10-12-29-15-27-24-23(25(29)31)19-6-2-3-7-21(19)33-24/h4-5,8-9,11,13-15H,2-3,6-7,10,12H2,1H3,(H,28,30). The molecule has 0 spiro atoms. The number of thiophene rings is 1. The van der Waals surface area contributed by atoms with E-state index in [9.17, 15) is 9.59 Å². The van der Waals surface area contributed by atoms with Crippen LogP contribution in [0, 0.1) is 6.92 Å². The summed E-state index contributed by atoms with van der Waals surface area (Å²) in [6, 6.07) is 9.13. The van der Waals surface area contributed by atoms with Crippen LogP contribution < -0.4 is 15.6 Å². The smallest absolute Gasteiger partial charge is 0.262 e. The Balaban J connectivity index is 1.24. The third-order valence-corrected chi connectivity index (χ3v) is 7.04. The molecule has 1 aliphatic carbocycles. The maximum absolute atomic E-state index is 13.0. The molecule has 1 N–H and O–H groups in total. The molecule has 0 radical (unpaired) electrons. The van der Waals surface area contributed by atoms with E-state index in [4.69, 9.17) is 4.74 Å². The fourth-order valence-electron chi connectivity index (χ4n) is 4.16. The summed E-state index contributed by atoms with van der Waals surface area (Å²) >= 11 is 1.63. The molecule has 33 heavy (non-hydrogen) atoms. The molecular weight excluding hydrogens is 436 g/mol. The van der Waals surface area contributed by atoms with Crippen molar-refractivity contribution in [1.82, 2.24) is 14.5 Å². The SMILES string of the molecule is Cc1cc(NC(=O)CCn2cnc3sc4c(c3c2=O)CCCC4)ccc1Oc1cccnc1. The van der Waals surface area contributed by atoms with E-state index in [0.717, 1.165) is 35.0 Å². The van der Waals surface area contributed by atoms with Crippen LogP contribution in [0.1, 0.15) is 35.3 Å². The van der Waals surface area contributed by atoms with Gasteiger partial charge in [-0.15, -0.1) is 11.3 Å². The number of nitrogens with one attached hydrogen (secondary N) is 1. The Morgan fingerprint density at radius 1 is 1.24 bits per heavy atom. The molecule has 1 aliphatic rings. The van der Waals surface area contributed by atoms with Crippen molar-refractivity contribution >= 4 is 33.1 Å². The van der Waals surface area contributed by atoms with E-state index in [0.29, 0.717) is 23.7 Å². The number of aryl methyl sites for hydroxylation is 4. The molecule has 3 heterocycles. The molecule has 0 saturated carbocycles. The topological polar surface area (TPSA) is 86.1 Å². The Kier molecular flexibility index (Phi) is 5.92. The van der Waals surface area contributed by atoms with Crippen molar-refractivity contribution in [2.75, 3.05) is 5.32 Å². The lowest BCUT2D eigenvalue weighted by Gasteiger charge is -2.12. The Morgan fingerprint density at radius 2 is 2.12 bits per heavy atom. The number of aromatic nitrogens is 3. The fraction of sp³-hybridized carbons (Fsp3) is 0.280. The van der Waals surface area contributed by atoms with Crippen LogP contribution in [0.2, 0.25) is 0 Å². The molecule has 5 rings (SSSR count). The summed E-state index contributed by atoms with van der Waals surface area (Å²) in [5, 5.41) is 3.65. The molecule has 1 amide bonds. The van der Waals surface area contributed by atoms with Gasteiger partial charge in [0.15, 0.2) is 0 Å². The molecule has 0 aliphatic heterocycles. The zero-order valence-electron chi connectivity index (χ0n) is 18.3. The Bertz CT molecular complexity index is 1380. The van der Waals surface area contributed by atoms with Gasteiger partial charge in [0.2, 0.25) is 5.91 Å². The predicted molar refractivity (Wildman–Crippen MR) is 129 cm³/mol. The minimum absolute atomic E-state index is 0.0417. The third kappa shape index (κ3) is 4.52. The second-order valence-corrected chi connectivity index (χ2v) is 9.29. The highest BCUT2D eigenvalue weighted by Crippen LogP contribution is 2.33. The molecule has 0 atom stereocenters. The second kappa shape index (κ2) is 9.15. The van der Waals surface area contributed by atoms with Crippen LogP contribution in [0.3, 0.4) is 0 Å². The number of carbonyl (C=O) groups excluding carboxylic acids is 1. The summed E-state index contributed by atoms with van der Waals surface area (Å²) < 4.78 is 7.39. The van der Waals surface area contributed by atoms with Gasteiger partial charge in [0.1, 0.15) is 16.3 Å². The van der Waals surface area contributed by atoms with Crippen LogP contribution >= 0.6 is 11.3 Å². The summed E-state index contributed by atoms with van der Waals surface area (Å²) in [7, 11) is 0. The number of hydrogen-bond donors (Lipinski definition) is 1. The molecule has 7 nitrogen and oxygen atoms in total. The van der Waals surface area contributed by atoms with E-state index in [1.165, 1.54) is 16.9 Å².